The van der Waals surface area contributed by atoms with E-state index in [2.05, 4.69) is 10.3 Å². The van der Waals surface area contributed by atoms with Crippen molar-refractivity contribution in [1.82, 2.24) is 10.3 Å². The summed E-state index contributed by atoms with van der Waals surface area (Å²) >= 11 is 0. The van der Waals surface area contributed by atoms with Crippen LogP contribution in [-0.4, -0.2) is 49.7 Å². The van der Waals surface area contributed by atoms with Gasteiger partial charge in [-0.25, -0.2) is 4.79 Å². The van der Waals surface area contributed by atoms with Crippen molar-refractivity contribution in [2.24, 2.45) is 0 Å². The number of nitrogens with one attached hydrogen (secondary N) is 2. The molecule has 5 N–H and O–H groups in total. The fourth-order valence-corrected chi connectivity index (χ4v) is 5.42. The first-order chi connectivity index (χ1) is 18.4. The maximum absolute atomic E-state index is 14.0. The monoisotopic (exact) mass is 530 g/mol. The molecule has 0 amide bonds. The number of phenols is 2. The minimum atomic E-state index is -1.69. The Morgan fingerprint density at radius 1 is 1.13 bits per heavy atom. The van der Waals surface area contributed by atoms with Crippen LogP contribution >= 0.6 is 0 Å². The van der Waals surface area contributed by atoms with E-state index in [-0.39, 0.29) is 45.9 Å². The second-order valence-electron chi connectivity index (χ2n) is 9.99. The number of fused-ring (bicyclic) bond motifs is 4. The zero-order valence-corrected chi connectivity index (χ0v) is 21.6. The number of para-hydroxylation sites is 1. The van der Waals surface area contributed by atoms with Crippen molar-refractivity contribution in [1.29, 1.82) is 0 Å². The van der Waals surface area contributed by atoms with E-state index in [0.717, 1.165) is 22.5 Å². The number of allylic oxidation sites excluding steroid dienone is 4. The molecule has 39 heavy (non-hydrogen) atoms. The number of carboxylic acids is 1. The van der Waals surface area contributed by atoms with Gasteiger partial charge in [-0.3, -0.25) is 14.4 Å². The van der Waals surface area contributed by atoms with E-state index in [9.17, 15) is 34.5 Å². The molecule has 1 aliphatic heterocycles. The lowest BCUT2D eigenvalue weighted by Gasteiger charge is -2.29. The second kappa shape index (κ2) is 8.87. The predicted molar refractivity (Wildman–Crippen MR) is 140 cm³/mol. The molecule has 200 valence electrons. The molecule has 0 fully saturated rings. The van der Waals surface area contributed by atoms with Gasteiger partial charge in [0.05, 0.1) is 11.1 Å². The number of aromatic nitrogens is 1. The summed E-state index contributed by atoms with van der Waals surface area (Å²) in [6, 6.07) is 6.27. The van der Waals surface area contributed by atoms with Crippen molar-refractivity contribution in [2.45, 2.75) is 45.6 Å². The highest BCUT2D eigenvalue weighted by molar-refractivity contribution is 6.31. The Bertz CT molecular complexity index is 1690. The number of phenolic OH excluding ortho intramolecular Hbond substituents is 2. The van der Waals surface area contributed by atoms with Gasteiger partial charge in [0.25, 0.3) is 0 Å². The quantitative estimate of drug-likeness (QED) is 0.182. The molecule has 3 aromatic rings. The van der Waals surface area contributed by atoms with Crippen LogP contribution < -0.4 is 10.1 Å². The maximum atomic E-state index is 14.0. The molecule has 0 spiro atoms. The van der Waals surface area contributed by atoms with Crippen LogP contribution in [0.4, 0.5) is 0 Å². The summed E-state index contributed by atoms with van der Waals surface area (Å²) in [4.78, 5) is 54.8. The number of aromatic amines is 1. The number of ether oxygens (including phenoxy) is 1. The largest absolute Gasteiger partial charge is 0.507 e. The third kappa shape index (κ3) is 3.70. The topological polar surface area (TPSA) is 166 Å². The summed E-state index contributed by atoms with van der Waals surface area (Å²) in [7, 11) is 0. The molecule has 5 rings (SSSR count). The van der Waals surface area contributed by atoms with Gasteiger partial charge in [0.15, 0.2) is 17.3 Å². The van der Waals surface area contributed by atoms with Gasteiger partial charge in [-0.2, -0.15) is 0 Å². The average molecular weight is 531 g/mol. The van der Waals surface area contributed by atoms with Crippen LogP contribution in [0.2, 0.25) is 0 Å². The summed E-state index contributed by atoms with van der Waals surface area (Å²) in [5.74, 6) is -4.38. The van der Waals surface area contributed by atoms with Gasteiger partial charge in [-0.05, 0) is 39.3 Å². The summed E-state index contributed by atoms with van der Waals surface area (Å²) < 4.78 is 5.76. The second-order valence-corrected chi connectivity index (χ2v) is 9.99. The molecule has 1 aliphatic carbocycles. The summed E-state index contributed by atoms with van der Waals surface area (Å²) in [6.07, 6.45) is 2.88. The Kier molecular flexibility index (Phi) is 5.86. The maximum Gasteiger partial charge on any atom is 0.326 e. The van der Waals surface area contributed by atoms with E-state index < -0.39 is 46.3 Å². The molecular formula is C29H26N2O8. The standard InChI is InChI=1S/C29H26N2O8/c1-12-24(34)22(14(3)32)26-23(25(12)35)29(4)20(39-26)10-19(33)21(27(29)36)13(2)31-18(28(37)38)9-15-11-30-17-8-6-5-7-16(15)17/h5-8,10-11,18,30-31,34-35H,9H2,1-4H3,(H,37,38)/b21-13+/t18-,29-/m0/s1. The van der Waals surface area contributed by atoms with Gasteiger partial charge >= 0.3 is 5.97 Å². The molecule has 2 atom stereocenters. The number of carbonyl (C=O) groups excluding carboxylic acids is 3. The smallest absolute Gasteiger partial charge is 0.326 e. The summed E-state index contributed by atoms with van der Waals surface area (Å²) in [5.41, 5.74) is -0.604. The number of carboxylic acid groups (broad SMARTS) is 1. The fraction of sp³-hybridized carbons (Fsp3) is 0.241. The molecule has 2 aliphatic rings. The zero-order chi connectivity index (χ0) is 28.4. The Morgan fingerprint density at radius 2 is 1.82 bits per heavy atom. The molecule has 0 unspecified atom stereocenters. The Labute approximate surface area is 222 Å². The molecular weight excluding hydrogens is 504 g/mol. The number of aliphatic carboxylic acids is 1. The first-order valence-corrected chi connectivity index (χ1v) is 12.2. The van der Waals surface area contributed by atoms with Crippen LogP contribution in [0.3, 0.4) is 0 Å². The third-order valence-electron chi connectivity index (χ3n) is 7.55. The number of H-pyrrole nitrogens is 1. The van der Waals surface area contributed by atoms with Gasteiger partial charge in [0.1, 0.15) is 40.0 Å². The van der Waals surface area contributed by atoms with Crippen molar-refractivity contribution in [3.8, 4) is 17.2 Å². The van der Waals surface area contributed by atoms with Crippen LogP contribution in [-0.2, 0) is 26.2 Å². The number of rotatable bonds is 6. The van der Waals surface area contributed by atoms with Crippen LogP contribution in [0.25, 0.3) is 10.9 Å². The highest BCUT2D eigenvalue weighted by Crippen LogP contribution is 2.57. The van der Waals surface area contributed by atoms with Crippen molar-refractivity contribution >= 4 is 34.2 Å². The van der Waals surface area contributed by atoms with Gasteiger partial charge in [-0.15, -0.1) is 0 Å². The Hall–Kier alpha value is -4.86. The fourth-order valence-electron chi connectivity index (χ4n) is 5.42. The highest BCUT2D eigenvalue weighted by Gasteiger charge is 2.56. The first-order valence-electron chi connectivity index (χ1n) is 12.2. The lowest BCUT2D eigenvalue weighted by molar-refractivity contribution is -0.139. The minimum Gasteiger partial charge on any atom is -0.507 e. The number of hydrogen-bond acceptors (Lipinski definition) is 8. The highest BCUT2D eigenvalue weighted by atomic mass is 16.5. The van der Waals surface area contributed by atoms with E-state index >= 15 is 0 Å². The van der Waals surface area contributed by atoms with Gasteiger partial charge < -0.3 is 30.4 Å². The molecule has 0 bridgehead atoms. The molecule has 10 heteroatoms. The number of benzene rings is 2. The first kappa shape index (κ1) is 25.8. The molecule has 2 heterocycles. The Morgan fingerprint density at radius 3 is 2.49 bits per heavy atom. The minimum absolute atomic E-state index is 0.0141. The predicted octanol–water partition coefficient (Wildman–Crippen LogP) is 3.34. The Balaban J connectivity index is 1.57. The van der Waals surface area contributed by atoms with Gasteiger partial charge in [0, 0.05) is 40.9 Å². The SMILES string of the molecule is CC(=O)c1c(O)c(C)c(O)c2c1OC1=CC(=O)/C(=C(/C)N[C@@H](Cc3c[nH]c4ccccc34)C(=O)O)C(=O)[C@@]12C. The average Bonchev–Trinajstić information content (AvgIpc) is 3.41. The van der Waals surface area contributed by atoms with E-state index in [1.807, 2.05) is 24.3 Å². The lowest BCUT2D eigenvalue weighted by Crippen LogP contribution is -2.43. The lowest BCUT2D eigenvalue weighted by atomic mass is 9.70. The molecule has 2 aromatic carbocycles. The zero-order valence-electron chi connectivity index (χ0n) is 21.6. The van der Waals surface area contributed by atoms with Crippen molar-refractivity contribution < 1.29 is 39.2 Å². The van der Waals surface area contributed by atoms with Gasteiger partial charge in [0.2, 0.25) is 0 Å². The van der Waals surface area contributed by atoms with Crippen molar-refractivity contribution in [3.05, 3.63) is 75.8 Å². The molecule has 0 radical (unpaired) electrons. The van der Waals surface area contributed by atoms with E-state index in [1.54, 1.807) is 6.20 Å². The van der Waals surface area contributed by atoms with Crippen LogP contribution in [0.1, 0.15) is 47.8 Å². The molecule has 0 saturated heterocycles. The van der Waals surface area contributed by atoms with Crippen LogP contribution in [0.5, 0.6) is 17.2 Å². The van der Waals surface area contributed by atoms with Crippen LogP contribution in [0.15, 0.2) is 53.6 Å². The molecule has 10 nitrogen and oxygen atoms in total. The number of aromatic hydroxyl groups is 2. The number of ketones is 3. The molecule has 1 aromatic heterocycles. The van der Waals surface area contributed by atoms with E-state index in [1.165, 1.54) is 27.7 Å². The van der Waals surface area contributed by atoms with E-state index in [4.69, 9.17) is 4.74 Å². The van der Waals surface area contributed by atoms with Gasteiger partial charge in [-0.1, -0.05) is 18.2 Å². The third-order valence-corrected chi connectivity index (χ3v) is 7.55. The number of carbonyl (C=O) groups is 4. The number of Topliss-reactive ketones (excluding diaryl/α,β-unsaturated/α-hetero) is 2. The normalized spacial score (nSPS) is 20.2. The van der Waals surface area contributed by atoms with Crippen molar-refractivity contribution in [3.63, 3.8) is 0 Å². The summed E-state index contributed by atoms with van der Waals surface area (Å²) in [6.45, 7) is 5.50. The molecule has 0 saturated carbocycles. The van der Waals surface area contributed by atoms with Crippen molar-refractivity contribution in [2.75, 3.05) is 0 Å². The number of hydrogen-bond donors (Lipinski definition) is 5. The summed E-state index contributed by atoms with van der Waals surface area (Å²) in [5, 5.41) is 35.1. The van der Waals surface area contributed by atoms with Crippen LogP contribution in [0, 0.1) is 6.92 Å². The van der Waals surface area contributed by atoms with E-state index in [0.29, 0.717) is 0 Å².